The van der Waals surface area contributed by atoms with Crippen molar-refractivity contribution in [1.29, 1.82) is 0 Å². The number of rotatable bonds is 3. The molecular formula is C15H16FN5O. The van der Waals surface area contributed by atoms with Gasteiger partial charge >= 0.3 is 0 Å². The highest BCUT2D eigenvalue weighted by Gasteiger charge is 2.24. The second kappa shape index (κ2) is 6.46. The van der Waals surface area contributed by atoms with E-state index < -0.39 is 5.82 Å². The van der Waals surface area contributed by atoms with Crippen LogP contribution in [0.25, 0.3) is 0 Å². The zero-order valence-electron chi connectivity index (χ0n) is 11.9. The van der Waals surface area contributed by atoms with Gasteiger partial charge in [-0.25, -0.2) is 14.4 Å². The Balaban J connectivity index is 1.66. The largest absolute Gasteiger partial charge is 0.352 e. The lowest BCUT2D eigenvalue weighted by molar-refractivity contribution is 0.0933. The second-order valence-corrected chi connectivity index (χ2v) is 5.19. The molecule has 1 aliphatic heterocycles. The number of nitrogens with zero attached hydrogens (tertiary/aromatic N) is 4. The highest BCUT2D eigenvalue weighted by Crippen LogP contribution is 2.20. The number of hydrogen-bond donors (Lipinski definition) is 1. The van der Waals surface area contributed by atoms with Crippen LogP contribution in [0, 0.1) is 5.82 Å². The van der Waals surface area contributed by atoms with Crippen LogP contribution in [0.3, 0.4) is 0 Å². The molecule has 2 aromatic rings. The van der Waals surface area contributed by atoms with Crippen molar-refractivity contribution in [3.63, 3.8) is 0 Å². The molecule has 1 aliphatic rings. The van der Waals surface area contributed by atoms with Gasteiger partial charge in [0, 0.05) is 37.1 Å². The van der Waals surface area contributed by atoms with Crippen molar-refractivity contribution in [1.82, 2.24) is 20.3 Å². The summed E-state index contributed by atoms with van der Waals surface area (Å²) in [7, 11) is 0. The summed E-state index contributed by atoms with van der Waals surface area (Å²) < 4.78 is 13.8. The van der Waals surface area contributed by atoms with Crippen LogP contribution in [0.1, 0.15) is 23.2 Å². The van der Waals surface area contributed by atoms with Crippen LogP contribution in [-0.2, 0) is 0 Å². The van der Waals surface area contributed by atoms with Gasteiger partial charge in [0.25, 0.3) is 5.91 Å². The molecule has 7 heteroatoms. The fourth-order valence-electron chi connectivity index (χ4n) is 2.60. The summed E-state index contributed by atoms with van der Waals surface area (Å²) >= 11 is 0. The topological polar surface area (TPSA) is 71.0 Å². The minimum absolute atomic E-state index is 0.0382. The highest BCUT2D eigenvalue weighted by molar-refractivity contribution is 5.94. The highest BCUT2D eigenvalue weighted by atomic mass is 19.1. The van der Waals surface area contributed by atoms with Gasteiger partial charge in [0.15, 0.2) is 11.6 Å². The number of carbonyl (C=O) groups excluding carboxylic acids is 1. The molecule has 1 fully saturated rings. The number of nitrogens with one attached hydrogen (secondary N) is 1. The van der Waals surface area contributed by atoms with Crippen LogP contribution < -0.4 is 10.2 Å². The summed E-state index contributed by atoms with van der Waals surface area (Å²) in [6, 6.07) is 3.30. The Morgan fingerprint density at radius 1 is 1.32 bits per heavy atom. The first-order valence-corrected chi connectivity index (χ1v) is 7.15. The minimum Gasteiger partial charge on any atom is -0.352 e. The van der Waals surface area contributed by atoms with E-state index in [1.54, 1.807) is 24.5 Å². The van der Waals surface area contributed by atoms with Gasteiger partial charge in [-0.1, -0.05) is 0 Å². The first kappa shape index (κ1) is 14.4. The van der Waals surface area contributed by atoms with Crippen LogP contribution in [0.4, 0.5) is 10.2 Å². The normalized spacial score (nSPS) is 18.0. The first-order valence-electron chi connectivity index (χ1n) is 7.15. The lowest BCUT2D eigenvalue weighted by atomic mass is 10.1. The molecule has 0 bridgehead atoms. The molecule has 0 aliphatic carbocycles. The minimum atomic E-state index is -0.441. The summed E-state index contributed by atoms with van der Waals surface area (Å²) in [5.41, 5.74) is 0.570. The molecule has 114 valence electrons. The van der Waals surface area contributed by atoms with Crippen molar-refractivity contribution in [2.45, 2.75) is 18.9 Å². The van der Waals surface area contributed by atoms with Gasteiger partial charge in [-0.05, 0) is 25.0 Å². The Morgan fingerprint density at radius 3 is 2.91 bits per heavy atom. The lowest BCUT2D eigenvalue weighted by Gasteiger charge is -2.33. The molecule has 0 radical (unpaired) electrons. The van der Waals surface area contributed by atoms with Crippen molar-refractivity contribution in [3.8, 4) is 0 Å². The predicted molar refractivity (Wildman–Crippen MR) is 78.9 cm³/mol. The van der Waals surface area contributed by atoms with Crippen molar-refractivity contribution < 1.29 is 9.18 Å². The second-order valence-electron chi connectivity index (χ2n) is 5.19. The molecule has 0 aromatic carbocycles. The number of hydrogen-bond acceptors (Lipinski definition) is 5. The van der Waals surface area contributed by atoms with E-state index in [0.29, 0.717) is 12.1 Å². The zero-order chi connectivity index (χ0) is 15.4. The lowest BCUT2D eigenvalue weighted by Crippen LogP contribution is -2.48. The van der Waals surface area contributed by atoms with Crippen molar-refractivity contribution in [2.75, 3.05) is 18.0 Å². The van der Waals surface area contributed by atoms with Crippen LogP contribution in [0.5, 0.6) is 0 Å². The number of halogens is 1. The monoisotopic (exact) mass is 301 g/mol. The molecule has 1 unspecified atom stereocenters. The fraction of sp³-hybridized carbons (Fsp3) is 0.333. The molecule has 22 heavy (non-hydrogen) atoms. The molecule has 3 rings (SSSR count). The summed E-state index contributed by atoms with van der Waals surface area (Å²) in [6.07, 6.45) is 7.38. The number of carbonyl (C=O) groups is 1. The average Bonchev–Trinajstić information content (AvgIpc) is 2.56. The molecule has 1 saturated heterocycles. The number of pyridine rings is 1. The summed E-state index contributed by atoms with van der Waals surface area (Å²) in [4.78, 5) is 25.6. The smallest absolute Gasteiger partial charge is 0.251 e. The van der Waals surface area contributed by atoms with Crippen LogP contribution >= 0.6 is 0 Å². The third-order valence-corrected chi connectivity index (χ3v) is 3.65. The average molecular weight is 301 g/mol. The van der Waals surface area contributed by atoms with E-state index in [-0.39, 0.29) is 17.8 Å². The van der Waals surface area contributed by atoms with Gasteiger partial charge < -0.3 is 10.2 Å². The van der Waals surface area contributed by atoms with Gasteiger partial charge in [-0.2, -0.15) is 0 Å². The van der Waals surface area contributed by atoms with Gasteiger partial charge in [-0.3, -0.25) is 9.78 Å². The summed E-state index contributed by atoms with van der Waals surface area (Å²) in [5, 5.41) is 2.98. The van der Waals surface area contributed by atoms with E-state index in [1.165, 1.54) is 6.33 Å². The molecule has 0 saturated carbocycles. The number of amides is 1. The van der Waals surface area contributed by atoms with E-state index in [9.17, 15) is 9.18 Å². The van der Waals surface area contributed by atoms with E-state index in [4.69, 9.17) is 0 Å². The molecule has 0 spiro atoms. The van der Waals surface area contributed by atoms with Crippen LogP contribution in [0.2, 0.25) is 0 Å². The van der Waals surface area contributed by atoms with E-state index >= 15 is 0 Å². The maximum absolute atomic E-state index is 13.8. The Labute approximate surface area is 127 Å². The first-order chi connectivity index (χ1) is 10.7. The predicted octanol–water partition coefficient (Wildman–Crippen LogP) is 1.41. The molecule has 1 amide bonds. The van der Waals surface area contributed by atoms with Crippen molar-refractivity contribution in [2.24, 2.45) is 0 Å². The Morgan fingerprint density at radius 2 is 2.14 bits per heavy atom. The zero-order valence-corrected chi connectivity index (χ0v) is 11.9. The molecule has 1 atom stereocenters. The molecular weight excluding hydrogens is 285 g/mol. The molecule has 3 heterocycles. The van der Waals surface area contributed by atoms with Crippen molar-refractivity contribution >= 4 is 11.7 Å². The Bertz CT molecular complexity index is 651. The molecule has 1 N–H and O–H groups in total. The molecule has 6 nitrogen and oxygen atoms in total. The van der Waals surface area contributed by atoms with Gasteiger partial charge in [0.05, 0.1) is 6.20 Å². The third-order valence-electron chi connectivity index (χ3n) is 3.65. The Hall–Kier alpha value is -2.57. The Kier molecular flexibility index (Phi) is 4.22. The maximum Gasteiger partial charge on any atom is 0.251 e. The SMILES string of the molecule is O=C(NC1CCCN(c2ncncc2F)C1)c1ccncc1. The summed E-state index contributed by atoms with van der Waals surface area (Å²) in [6.45, 7) is 1.25. The van der Waals surface area contributed by atoms with Crippen LogP contribution in [0.15, 0.2) is 37.1 Å². The number of aromatic nitrogens is 3. The fourth-order valence-corrected chi connectivity index (χ4v) is 2.60. The van der Waals surface area contributed by atoms with E-state index in [0.717, 1.165) is 25.6 Å². The standard InChI is InChI=1S/C15H16FN5O/c16-13-8-18-10-19-14(13)21-7-1-2-12(9-21)20-15(22)11-3-5-17-6-4-11/h3-6,8,10,12H,1-2,7,9H2,(H,20,22). The third kappa shape index (κ3) is 3.19. The van der Waals surface area contributed by atoms with Crippen molar-refractivity contribution in [3.05, 3.63) is 48.4 Å². The van der Waals surface area contributed by atoms with Gasteiger partial charge in [0.2, 0.25) is 0 Å². The number of piperidine rings is 1. The van der Waals surface area contributed by atoms with E-state index in [1.807, 2.05) is 4.90 Å². The van der Waals surface area contributed by atoms with Gasteiger partial charge in [0.1, 0.15) is 6.33 Å². The maximum atomic E-state index is 13.8. The van der Waals surface area contributed by atoms with E-state index in [2.05, 4.69) is 20.3 Å². The van der Waals surface area contributed by atoms with Gasteiger partial charge in [-0.15, -0.1) is 0 Å². The summed E-state index contributed by atoms with van der Waals surface area (Å²) in [5.74, 6) is -0.293. The van der Waals surface area contributed by atoms with Crippen LogP contribution in [-0.4, -0.2) is 40.0 Å². The quantitative estimate of drug-likeness (QED) is 0.928. The number of anilines is 1. The molecule has 2 aromatic heterocycles.